The van der Waals surface area contributed by atoms with Crippen molar-refractivity contribution < 1.29 is 56.2 Å². The molecule has 0 aromatic rings. The highest BCUT2D eigenvalue weighted by Gasteiger charge is 2.48. The van der Waals surface area contributed by atoms with Gasteiger partial charge >= 0.3 is 16.4 Å². The standard InChI is InChI=1S/C59H110O12S/c1-3-5-7-9-11-13-15-17-19-21-23-25-26-27-28-29-30-32-34-36-38-40-42-44-46-48-55(61)69-53(52-68-59-57(63)58(71-72(64,65)66)56(62)54(50-60)70-59)51-67-49-47-45-43-41-39-37-35-33-31-24-22-20-18-16-14-12-10-8-6-4-2/h12,14,18,20-21,23,53-54,56-60,62-63H,3-11,13,15-17,19,22,24-52H2,1-2H3,(H,64,65,66)/b14-12-,20-18-,23-21-. The molecule has 0 spiro atoms. The number of hydrogen-bond donors (Lipinski definition) is 4. The summed E-state index contributed by atoms with van der Waals surface area (Å²) in [6, 6.07) is 0. The molecule has 6 atom stereocenters. The Bertz CT molecular complexity index is 1390. The first-order chi connectivity index (χ1) is 35.1. The number of aliphatic hydroxyl groups excluding tert-OH is 3. The molecule has 0 amide bonds. The quantitative estimate of drug-likeness (QED) is 0.0196. The van der Waals surface area contributed by atoms with Gasteiger partial charge in [-0.15, -0.1) is 0 Å². The molecule has 0 saturated carbocycles. The molecule has 12 nitrogen and oxygen atoms in total. The summed E-state index contributed by atoms with van der Waals surface area (Å²) < 4.78 is 59.5. The average molecular weight is 1040 g/mol. The maximum absolute atomic E-state index is 13.0. The van der Waals surface area contributed by atoms with Crippen molar-refractivity contribution in [1.29, 1.82) is 0 Å². The molecule has 1 aliphatic rings. The lowest BCUT2D eigenvalue weighted by molar-refractivity contribution is -0.301. The number of ether oxygens (including phenoxy) is 4. The summed E-state index contributed by atoms with van der Waals surface area (Å²) in [5.74, 6) is -0.396. The minimum absolute atomic E-state index is 0.0363. The minimum Gasteiger partial charge on any atom is -0.457 e. The van der Waals surface area contributed by atoms with Crippen molar-refractivity contribution in [3.05, 3.63) is 36.5 Å². The van der Waals surface area contributed by atoms with E-state index in [0.29, 0.717) is 13.0 Å². The second-order valence-electron chi connectivity index (χ2n) is 20.6. The lowest BCUT2D eigenvalue weighted by Crippen LogP contribution is -2.60. The van der Waals surface area contributed by atoms with Gasteiger partial charge in [-0.2, -0.15) is 8.42 Å². The topological polar surface area (TPSA) is 178 Å². The van der Waals surface area contributed by atoms with Gasteiger partial charge in [0.1, 0.15) is 30.5 Å². The molecule has 1 heterocycles. The Labute approximate surface area is 441 Å². The number of carbonyl (C=O) groups is 1. The normalized spacial score (nSPS) is 19.1. The van der Waals surface area contributed by atoms with E-state index in [1.165, 1.54) is 199 Å². The molecule has 424 valence electrons. The number of hydrogen-bond acceptors (Lipinski definition) is 11. The first-order valence-corrected chi connectivity index (χ1v) is 31.1. The number of unbranched alkanes of at least 4 members (excludes halogenated alkanes) is 34. The third-order valence-corrected chi connectivity index (χ3v) is 14.2. The molecule has 0 radical (unpaired) electrons. The molecule has 6 unspecified atom stereocenters. The second-order valence-corrected chi connectivity index (χ2v) is 21.6. The van der Waals surface area contributed by atoms with Crippen LogP contribution in [0.25, 0.3) is 0 Å². The Morgan fingerprint density at radius 2 is 0.917 bits per heavy atom. The molecule has 13 heteroatoms. The number of aliphatic hydroxyl groups is 3. The van der Waals surface area contributed by atoms with Gasteiger partial charge in [0.2, 0.25) is 0 Å². The van der Waals surface area contributed by atoms with Crippen molar-refractivity contribution in [1.82, 2.24) is 0 Å². The minimum atomic E-state index is -5.07. The second kappa shape index (κ2) is 50.2. The molecule has 1 saturated heterocycles. The summed E-state index contributed by atoms with van der Waals surface area (Å²) in [4.78, 5) is 13.0. The Hall–Kier alpha value is -1.68. The monoisotopic (exact) mass is 1040 g/mol. The fourth-order valence-corrected chi connectivity index (χ4v) is 9.74. The summed E-state index contributed by atoms with van der Waals surface area (Å²) in [5, 5.41) is 30.9. The Balaban J connectivity index is 2.27. The van der Waals surface area contributed by atoms with Crippen LogP contribution in [0.3, 0.4) is 0 Å². The number of carbonyl (C=O) groups excluding carboxylic acids is 1. The molecule has 72 heavy (non-hydrogen) atoms. The smallest absolute Gasteiger partial charge is 0.397 e. The fraction of sp³-hybridized carbons (Fsp3) is 0.881. The maximum Gasteiger partial charge on any atom is 0.397 e. The van der Waals surface area contributed by atoms with Gasteiger partial charge in [0, 0.05) is 13.0 Å². The molecule has 1 rings (SSSR count). The largest absolute Gasteiger partial charge is 0.457 e. The Morgan fingerprint density at radius 3 is 1.36 bits per heavy atom. The van der Waals surface area contributed by atoms with Crippen molar-refractivity contribution in [2.75, 3.05) is 26.4 Å². The van der Waals surface area contributed by atoms with E-state index < -0.39 is 59.8 Å². The highest BCUT2D eigenvalue weighted by molar-refractivity contribution is 7.80. The highest BCUT2D eigenvalue weighted by Crippen LogP contribution is 2.26. The van der Waals surface area contributed by atoms with Crippen LogP contribution in [-0.2, 0) is 38.3 Å². The van der Waals surface area contributed by atoms with Gasteiger partial charge in [-0.1, -0.05) is 230 Å². The first-order valence-electron chi connectivity index (χ1n) is 29.7. The van der Waals surface area contributed by atoms with Gasteiger partial charge in [-0.05, 0) is 70.6 Å². The molecule has 0 aliphatic carbocycles. The van der Waals surface area contributed by atoms with E-state index in [1.807, 2.05) is 0 Å². The number of esters is 1. The van der Waals surface area contributed by atoms with Crippen LogP contribution in [0, 0.1) is 0 Å². The van der Waals surface area contributed by atoms with Crippen LogP contribution in [0.5, 0.6) is 0 Å². The summed E-state index contributed by atoms with van der Waals surface area (Å²) >= 11 is 0. The van der Waals surface area contributed by atoms with Crippen LogP contribution in [0.2, 0.25) is 0 Å². The van der Waals surface area contributed by atoms with Crippen LogP contribution in [-0.4, -0.2) is 97.5 Å². The van der Waals surface area contributed by atoms with Crippen molar-refractivity contribution in [3.63, 3.8) is 0 Å². The third kappa shape index (κ3) is 42.5. The predicted molar refractivity (Wildman–Crippen MR) is 294 cm³/mol. The Morgan fingerprint density at radius 1 is 0.528 bits per heavy atom. The van der Waals surface area contributed by atoms with Crippen LogP contribution >= 0.6 is 0 Å². The lowest BCUT2D eigenvalue weighted by Gasteiger charge is -2.41. The van der Waals surface area contributed by atoms with Crippen LogP contribution in [0.15, 0.2) is 36.5 Å². The van der Waals surface area contributed by atoms with Crippen molar-refractivity contribution in [2.24, 2.45) is 0 Å². The molecular formula is C59H110O12S. The van der Waals surface area contributed by atoms with Gasteiger partial charge in [0.25, 0.3) is 0 Å². The van der Waals surface area contributed by atoms with E-state index in [1.54, 1.807) is 0 Å². The average Bonchev–Trinajstić information content (AvgIpc) is 3.36. The van der Waals surface area contributed by atoms with Gasteiger partial charge < -0.3 is 34.3 Å². The number of allylic oxidation sites excluding steroid dienone is 6. The summed E-state index contributed by atoms with van der Waals surface area (Å²) in [6.07, 6.45) is 53.2. The zero-order valence-corrected chi connectivity index (χ0v) is 46.8. The van der Waals surface area contributed by atoms with Crippen LogP contribution in [0.1, 0.15) is 271 Å². The summed E-state index contributed by atoms with van der Waals surface area (Å²) in [6.45, 7) is 4.01. The van der Waals surface area contributed by atoms with Gasteiger partial charge in [-0.25, -0.2) is 4.18 Å². The van der Waals surface area contributed by atoms with E-state index in [9.17, 15) is 33.1 Å². The zero-order chi connectivity index (χ0) is 52.4. The van der Waals surface area contributed by atoms with E-state index in [4.69, 9.17) is 18.9 Å². The predicted octanol–water partition coefficient (Wildman–Crippen LogP) is 14.9. The summed E-state index contributed by atoms with van der Waals surface area (Å²) in [7, 11) is -5.07. The Kier molecular flexibility index (Phi) is 47.6. The first kappa shape index (κ1) is 68.3. The zero-order valence-electron chi connectivity index (χ0n) is 46.0. The van der Waals surface area contributed by atoms with E-state index in [-0.39, 0.29) is 19.6 Å². The van der Waals surface area contributed by atoms with E-state index in [0.717, 1.165) is 44.9 Å². The van der Waals surface area contributed by atoms with Gasteiger partial charge in [0.15, 0.2) is 6.29 Å². The summed E-state index contributed by atoms with van der Waals surface area (Å²) in [5.41, 5.74) is 0. The molecular weight excluding hydrogens is 933 g/mol. The van der Waals surface area contributed by atoms with E-state index in [2.05, 4.69) is 54.5 Å². The molecule has 0 aromatic carbocycles. The molecule has 4 N–H and O–H groups in total. The lowest BCUT2D eigenvalue weighted by atomic mass is 9.99. The highest BCUT2D eigenvalue weighted by atomic mass is 32.3. The molecule has 0 bridgehead atoms. The molecule has 1 fully saturated rings. The number of rotatable bonds is 53. The molecule has 1 aliphatic heterocycles. The maximum atomic E-state index is 13.0. The van der Waals surface area contributed by atoms with E-state index >= 15 is 0 Å². The van der Waals surface area contributed by atoms with Crippen LogP contribution < -0.4 is 0 Å². The van der Waals surface area contributed by atoms with Crippen molar-refractivity contribution in [2.45, 2.75) is 307 Å². The van der Waals surface area contributed by atoms with Crippen LogP contribution in [0.4, 0.5) is 0 Å². The van der Waals surface area contributed by atoms with Crippen molar-refractivity contribution in [3.8, 4) is 0 Å². The fourth-order valence-electron chi connectivity index (χ4n) is 9.23. The third-order valence-electron chi connectivity index (χ3n) is 13.7. The van der Waals surface area contributed by atoms with Crippen molar-refractivity contribution >= 4 is 16.4 Å². The van der Waals surface area contributed by atoms with Gasteiger partial charge in [-0.3, -0.25) is 9.35 Å². The van der Waals surface area contributed by atoms with Gasteiger partial charge in [0.05, 0.1) is 19.8 Å². The SMILES string of the molecule is CCCCC/C=C\C/C=C\CCCCCCCCCCCCOCC(COC1OC(CO)C(O)C(OS(=O)(=O)O)C1O)OC(=O)CCCCCCCCCCCCCCC/C=C\CCCCCCCCCC. The molecule has 0 aromatic heterocycles.